The maximum absolute atomic E-state index is 12.2. The van der Waals surface area contributed by atoms with E-state index in [1.165, 1.54) is 29.5 Å². The number of nitrogens with one attached hydrogen (secondary N) is 1. The number of aryl methyl sites for hydroxylation is 2. The zero-order chi connectivity index (χ0) is 15.4. The second-order valence-electron chi connectivity index (χ2n) is 5.94. The maximum atomic E-state index is 12.2. The van der Waals surface area contributed by atoms with Crippen molar-refractivity contribution in [2.45, 2.75) is 32.1 Å². The van der Waals surface area contributed by atoms with E-state index in [-0.39, 0.29) is 18.3 Å². The van der Waals surface area contributed by atoms with Crippen molar-refractivity contribution in [2.75, 3.05) is 12.3 Å². The molecule has 4 heteroatoms. The van der Waals surface area contributed by atoms with Gasteiger partial charge in [-0.25, -0.2) is 0 Å². The fourth-order valence-electron chi connectivity index (χ4n) is 2.98. The van der Waals surface area contributed by atoms with Crippen molar-refractivity contribution < 1.29 is 4.79 Å². The third-order valence-corrected chi connectivity index (χ3v) is 4.29. The molecule has 0 saturated heterocycles. The number of carbonyl (C=O) groups is 1. The Morgan fingerprint density at radius 3 is 2.43 bits per heavy atom. The van der Waals surface area contributed by atoms with Crippen LogP contribution >= 0.6 is 12.4 Å². The average molecular weight is 331 g/mol. The van der Waals surface area contributed by atoms with Crippen molar-refractivity contribution in [3.63, 3.8) is 0 Å². The SMILES string of the molecule is Cl.Nc1ccc(CCNC(=O)c2ccc3c(c2)CCCC3)cc1. The van der Waals surface area contributed by atoms with Gasteiger partial charge in [-0.3, -0.25) is 4.79 Å². The molecule has 0 fully saturated rings. The first-order valence-electron chi connectivity index (χ1n) is 7.97. The topological polar surface area (TPSA) is 55.1 Å². The number of hydrogen-bond acceptors (Lipinski definition) is 2. The molecule has 3 nitrogen and oxygen atoms in total. The molecule has 1 aliphatic rings. The number of anilines is 1. The van der Waals surface area contributed by atoms with Crippen LogP contribution in [-0.4, -0.2) is 12.5 Å². The number of benzene rings is 2. The van der Waals surface area contributed by atoms with Gasteiger partial charge in [0.2, 0.25) is 0 Å². The van der Waals surface area contributed by atoms with E-state index in [1.54, 1.807) is 0 Å². The normalized spacial score (nSPS) is 12.9. The highest BCUT2D eigenvalue weighted by Crippen LogP contribution is 2.22. The van der Waals surface area contributed by atoms with Gasteiger partial charge in [-0.05, 0) is 73.1 Å². The molecule has 2 aromatic rings. The third kappa shape index (κ3) is 4.49. The van der Waals surface area contributed by atoms with Crippen molar-refractivity contribution in [3.05, 3.63) is 64.7 Å². The summed E-state index contributed by atoms with van der Waals surface area (Å²) in [7, 11) is 0. The van der Waals surface area contributed by atoms with Crippen LogP contribution in [0, 0.1) is 0 Å². The summed E-state index contributed by atoms with van der Waals surface area (Å²) < 4.78 is 0. The summed E-state index contributed by atoms with van der Waals surface area (Å²) >= 11 is 0. The van der Waals surface area contributed by atoms with E-state index in [0.29, 0.717) is 6.54 Å². The van der Waals surface area contributed by atoms with Crippen LogP contribution in [-0.2, 0) is 19.3 Å². The van der Waals surface area contributed by atoms with Crippen LogP contribution in [0.1, 0.15) is 39.9 Å². The second-order valence-corrected chi connectivity index (χ2v) is 5.94. The third-order valence-electron chi connectivity index (χ3n) is 4.29. The Morgan fingerprint density at radius 1 is 1.00 bits per heavy atom. The van der Waals surface area contributed by atoms with Crippen molar-refractivity contribution in [1.29, 1.82) is 0 Å². The van der Waals surface area contributed by atoms with Crippen molar-refractivity contribution >= 4 is 24.0 Å². The minimum atomic E-state index is 0. The van der Waals surface area contributed by atoms with Gasteiger partial charge in [0.15, 0.2) is 0 Å². The fourth-order valence-corrected chi connectivity index (χ4v) is 2.98. The molecule has 0 saturated carbocycles. The largest absolute Gasteiger partial charge is 0.399 e. The molecule has 23 heavy (non-hydrogen) atoms. The highest BCUT2D eigenvalue weighted by atomic mass is 35.5. The molecule has 3 N–H and O–H groups in total. The lowest BCUT2D eigenvalue weighted by Crippen LogP contribution is -2.26. The number of halogens is 1. The molecule has 3 rings (SSSR count). The van der Waals surface area contributed by atoms with Crippen molar-refractivity contribution in [1.82, 2.24) is 5.32 Å². The van der Waals surface area contributed by atoms with Gasteiger partial charge in [0.1, 0.15) is 0 Å². The number of amides is 1. The van der Waals surface area contributed by atoms with Crippen LogP contribution in [0.2, 0.25) is 0 Å². The number of hydrogen-bond donors (Lipinski definition) is 2. The second kappa shape index (κ2) is 8.02. The van der Waals surface area contributed by atoms with Crippen molar-refractivity contribution in [3.8, 4) is 0 Å². The predicted octanol–water partition coefficient (Wildman–Crippen LogP) is 3.54. The van der Waals surface area contributed by atoms with E-state index >= 15 is 0 Å². The van der Waals surface area contributed by atoms with Gasteiger partial charge < -0.3 is 11.1 Å². The van der Waals surface area contributed by atoms with Crippen LogP contribution in [0.5, 0.6) is 0 Å². The molecule has 0 bridgehead atoms. The molecule has 0 aliphatic heterocycles. The first-order valence-corrected chi connectivity index (χ1v) is 7.97. The summed E-state index contributed by atoms with van der Waals surface area (Å²) in [5.41, 5.74) is 11.1. The van der Waals surface area contributed by atoms with Crippen LogP contribution < -0.4 is 11.1 Å². The highest BCUT2D eigenvalue weighted by molar-refractivity contribution is 5.94. The molecule has 0 heterocycles. The van der Waals surface area contributed by atoms with Crippen LogP contribution in [0.3, 0.4) is 0 Å². The lowest BCUT2D eigenvalue weighted by molar-refractivity contribution is 0.0954. The summed E-state index contributed by atoms with van der Waals surface area (Å²) in [5, 5.41) is 3.00. The summed E-state index contributed by atoms with van der Waals surface area (Å²) in [4.78, 5) is 12.2. The first-order chi connectivity index (χ1) is 10.7. The lowest BCUT2D eigenvalue weighted by Gasteiger charge is -2.16. The molecular weight excluding hydrogens is 308 g/mol. The Labute approximate surface area is 143 Å². The molecule has 1 amide bonds. The first kappa shape index (κ1) is 17.4. The van der Waals surface area contributed by atoms with Gasteiger partial charge >= 0.3 is 0 Å². The molecule has 0 aromatic heterocycles. The van der Waals surface area contributed by atoms with E-state index < -0.39 is 0 Å². The minimum Gasteiger partial charge on any atom is -0.399 e. The van der Waals surface area contributed by atoms with E-state index in [4.69, 9.17) is 5.73 Å². The molecule has 2 aromatic carbocycles. The standard InChI is InChI=1S/C19H22N2O.ClH/c20-18-9-5-14(6-10-18)11-12-21-19(22)17-8-7-15-3-1-2-4-16(15)13-17;/h5-10,13H,1-4,11-12,20H2,(H,21,22);1H. The maximum Gasteiger partial charge on any atom is 0.251 e. The van der Waals surface area contributed by atoms with Gasteiger partial charge in [0, 0.05) is 17.8 Å². The number of nitrogen functional groups attached to an aromatic ring is 1. The predicted molar refractivity (Wildman–Crippen MR) is 97.2 cm³/mol. The Kier molecular flexibility index (Phi) is 6.05. The van der Waals surface area contributed by atoms with E-state index in [9.17, 15) is 4.79 Å². The van der Waals surface area contributed by atoms with E-state index in [2.05, 4.69) is 17.4 Å². The zero-order valence-electron chi connectivity index (χ0n) is 13.2. The van der Waals surface area contributed by atoms with Gasteiger partial charge in [-0.1, -0.05) is 18.2 Å². The van der Waals surface area contributed by atoms with Crippen LogP contribution in [0.25, 0.3) is 0 Å². The Hall–Kier alpha value is -2.00. The quantitative estimate of drug-likeness (QED) is 0.842. The Balaban J connectivity index is 0.00000192. The number of nitrogens with two attached hydrogens (primary N) is 1. The molecule has 1 aliphatic carbocycles. The van der Waals surface area contributed by atoms with Gasteiger partial charge in [-0.2, -0.15) is 0 Å². The summed E-state index contributed by atoms with van der Waals surface area (Å²) in [6.07, 6.45) is 5.56. The number of fused-ring (bicyclic) bond motifs is 1. The smallest absolute Gasteiger partial charge is 0.251 e. The Bertz CT molecular complexity index is 668. The summed E-state index contributed by atoms with van der Waals surface area (Å²) in [6.45, 7) is 0.639. The number of rotatable bonds is 4. The lowest BCUT2D eigenvalue weighted by atomic mass is 9.90. The molecular formula is C19H23ClN2O. The molecule has 0 unspecified atom stereocenters. The minimum absolute atomic E-state index is 0. The fraction of sp³-hybridized carbons (Fsp3) is 0.316. The molecule has 0 spiro atoms. The Morgan fingerprint density at radius 2 is 1.70 bits per heavy atom. The van der Waals surface area contributed by atoms with Crippen molar-refractivity contribution in [2.24, 2.45) is 0 Å². The number of carbonyl (C=O) groups excluding carboxylic acids is 1. The van der Waals surface area contributed by atoms with Gasteiger partial charge in [0.25, 0.3) is 5.91 Å². The highest BCUT2D eigenvalue weighted by Gasteiger charge is 2.12. The van der Waals surface area contributed by atoms with Gasteiger partial charge in [-0.15, -0.1) is 12.4 Å². The molecule has 0 atom stereocenters. The summed E-state index contributed by atoms with van der Waals surface area (Å²) in [5.74, 6) is 0.0174. The molecule has 0 radical (unpaired) electrons. The average Bonchev–Trinajstić information content (AvgIpc) is 2.56. The van der Waals surface area contributed by atoms with E-state index in [1.807, 2.05) is 30.3 Å². The van der Waals surface area contributed by atoms with Crippen LogP contribution in [0.15, 0.2) is 42.5 Å². The monoisotopic (exact) mass is 330 g/mol. The van der Waals surface area contributed by atoms with E-state index in [0.717, 1.165) is 30.5 Å². The van der Waals surface area contributed by atoms with Gasteiger partial charge in [0.05, 0.1) is 0 Å². The summed E-state index contributed by atoms with van der Waals surface area (Å²) in [6, 6.07) is 13.9. The van der Waals surface area contributed by atoms with Crippen LogP contribution in [0.4, 0.5) is 5.69 Å². The zero-order valence-corrected chi connectivity index (χ0v) is 14.0. The molecule has 122 valence electrons.